The molecule has 7 N–H and O–H groups in total. The minimum absolute atomic E-state index is 0.256. The standard InChI is InChI=1S/C32H60O13/c1-3-4-5-6-7-8-9-10-11-12-13-14-15-16-17-23(2)45-42-20-26-28(35)30(37)27(34)25(43-26)19-40-21-32(22-41-39)31(38)29(36)24(18-33)44-32/h24-31,33-39H,2-22H2,1H3. The van der Waals surface area contributed by atoms with Gasteiger partial charge in [-0.2, -0.15) is 4.89 Å². The van der Waals surface area contributed by atoms with Gasteiger partial charge in [0.2, 0.25) is 0 Å². The van der Waals surface area contributed by atoms with Crippen LogP contribution in [0.5, 0.6) is 0 Å². The van der Waals surface area contributed by atoms with E-state index >= 15 is 0 Å². The maximum atomic E-state index is 10.4. The summed E-state index contributed by atoms with van der Waals surface area (Å²) in [6, 6.07) is 0. The number of allylic oxidation sites excluding steroid dienone is 1. The van der Waals surface area contributed by atoms with Crippen LogP contribution in [0.1, 0.15) is 103 Å². The van der Waals surface area contributed by atoms with Gasteiger partial charge in [-0.1, -0.05) is 97.0 Å². The maximum absolute atomic E-state index is 10.4. The van der Waals surface area contributed by atoms with Gasteiger partial charge in [-0.25, -0.2) is 4.89 Å². The highest BCUT2D eigenvalue weighted by atomic mass is 17.2. The van der Waals surface area contributed by atoms with Crippen LogP contribution in [0.2, 0.25) is 0 Å². The van der Waals surface area contributed by atoms with Gasteiger partial charge in [0.05, 0.1) is 19.8 Å². The molecule has 2 heterocycles. The first-order valence-corrected chi connectivity index (χ1v) is 16.9. The summed E-state index contributed by atoms with van der Waals surface area (Å²) in [4.78, 5) is 14.6. The summed E-state index contributed by atoms with van der Waals surface area (Å²) in [5.74, 6) is 0.439. The van der Waals surface area contributed by atoms with Crippen molar-refractivity contribution >= 4 is 0 Å². The van der Waals surface area contributed by atoms with Crippen molar-refractivity contribution in [3.8, 4) is 0 Å². The van der Waals surface area contributed by atoms with Crippen LogP contribution >= 0.6 is 0 Å². The lowest BCUT2D eigenvalue weighted by atomic mass is 9.95. The maximum Gasteiger partial charge on any atom is 0.147 e. The Morgan fingerprint density at radius 1 is 0.689 bits per heavy atom. The predicted molar refractivity (Wildman–Crippen MR) is 164 cm³/mol. The third kappa shape index (κ3) is 13.6. The van der Waals surface area contributed by atoms with Gasteiger partial charge in [0.25, 0.3) is 0 Å². The average molecular weight is 653 g/mol. The van der Waals surface area contributed by atoms with E-state index < -0.39 is 74.3 Å². The number of aliphatic hydroxyl groups is 6. The van der Waals surface area contributed by atoms with Crippen molar-refractivity contribution < 1.29 is 64.8 Å². The predicted octanol–water partition coefficient (Wildman–Crippen LogP) is 2.53. The van der Waals surface area contributed by atoms with Crippen molar-refractivity contribution in [2.24, 2.45) is 0 Å². The van der Waals surface area contributed by atoms with Crippen LogP contribution < -0.4 is 0 Å². The van der Waals surface area contributed by atoms with E-state index in [1.54, 1.807) is 0 Å². The Hall–Kier alpha value is -0.940. The molecule has 2 rings (SSSR count). The third-order valence-corrected chi connectivity index (χ3v) is 8.78. The second-order valence-corrected chi connectivity index (χ2v) is 12.6. The third-order valence-electron chi connectivity index (χ3n) is 8.78. The Morgan fingerprint density at radius 2 is 1.22 bits per heavy atom. The van der Waals surface area contributed by atoms with Gasteiger partial charge >= 0.3 is 0 Å². The van der Waals surface area contributed by atoms with Crippen molar-refractivity contribution in [3.05, 3.63) is 12.3 Å². The quantitative estimate of drug-likeness (QED) is 0.0312. The van der Waals surface area contributed by atoms with E-state index in [4.69, 9.17) is 29.2 Å². The second kappa shape index (κ2) is 22.6. The number of aliphatic hydroxyl groups excluding tert-OH is 6. The Labute approximate surface area is 267 Å². The lowest BCUT2D eigenvalue weighted by molar-refractivity contribution is -0.312. The lowest BCUT2D eigenvalue weighted by Gasteiger charge is -2.40. The fraction of sp³-hybridized carbons (Fsp3) is 0.938. The molecule has 13 heteroatoms. The molecule has 2 fully saturated rings. The zero-order valence-electron chi connectivity index (χ0n) is 27.0. The first-order chi connectivity index (χ1) is 21.7. The van der Waals surface area contributed by atoms with E-state index in [0.29, 0.717) is 12.2 Å². The van der Waals surface area contributed by atoms with E-state index in [1.807, 2.05) is 0 Å². The second-order valence-electron chi connectivity index (χ2n) is 12.6. The minimum atomic E-state index is -1.71. The molecule has 2 aliphatic rings. The smallest absolute Gasteiger partial charge is 0.147 e. The summed E-state index contributed by atoms with van der Waals surface area (Å²) in [6.07, 6.45) is 7.57. The van der Waals surface area contributed by atoms with Gasteiger partial charge in [-0.05, 0) is 6.42 Å². The summed E-state index contributed by atoms with van der Waals surface area (Å²) in [5, 5.41) is 70.0. The molecular weight excluding hydrogens is 592 g/mol. The highest BCUT2D eigenvalue weighted by Gasteiger charge is 2.55. The van der Waals surface area contributed by atoms with Crippen LogP contribution in [-0.2, 0) is 28.9 Å². The monoisotopic (exact) mass is 652 g/mol. The Kier molecular flexibility index (Phi) is 20.2. The summed E-state index contributed by atoms with van der Waals surface area (Å²) >= 11 is 0. The van der Waals surface area contributed by atoms with E-state index in [2.05, 4.69) is 18.4 Å². The van der Waals surface area contributed by atoms with Gasteiger partial charge < -0.3 is 49.7 Å². The number of hydrogen-bond donors (Lipinski definition) is 7. The van der Waals surface area contributed by atoms with E-state index in [0.717, 1.165) is 12.8 Å². The Morgan fingerprint density at radius 3 is 1.73 bits per heavy atom. The number of unbranched alkanes of at least 4 members (excludes halogenated alkanes) is 13. The molecule has 45 heavy (non-hydrogen) atoms. The van der Waals surface area contributed by atoms with Crippen LogP contribution in [-0.4, -0.2) is 123 Å². The van der Waals surface area contributed by atoms with Gasteiger partial charge in [-0.15, -0.1) is 0 Å². The van der Waals surface area contributed by atoms with Crippen molar-refractivity contribution in [3.63, 3.8) is 0 Å². The summed E-state index contributed by atoms with van der Waals surface area (Å²) < 4.78 is 16.8. The van der Waals surface area contributed by atoms with Crippen molar-refractivity contribution in [2.45, 2.75) is 158 Å². The topological polar surface area (TPSA) is 197 Å². The van der Waals surface area contributed by atoms with E-state index in [1.165, 1.54) is 77.0 Å². The summed E-state index contributed by atoms with van der Waals surface area (Å²) in [5.41, 5.74) is -1.71. The largest absolute Gasteiger partial charge is 0.394 e. The SMILES string of the molecule is C=C(CCCCCCCCCCCCCCCC)OOCC1OC(COCC2(COO)OC(CO)C(O)C2O)C(O)C(O)C1O. The van der Waals surface area contributed by atoms with Crippen molar-refractivity contribution in [1.29, 1.82) is 0 Å². The zero-order chi connectivity index (χ0) is 33.1. The van der Waals surface area contributed by atoms with Crippen LogP contribution in [0.4, 0.5) is 0 Å². The molecule has 0 aromatic heterocycles. The molecule has 9 atom stereocenters. The summed E-state index contributed by atoms with van der Waals surface area (Å²) in [6.45, 7) is 3.95. The van der Waals surface area contributed by atoms with Gasteiger partial charge in [0.1, 0.15) is 73.4 Å². The molecule has 2 aliphatic heterocycles. The molecule has 0 amide bonds. The molecule has 0 aromatic rings. The zero-order valence-corrected chi connectivity index (χ0v) is 27.0. The number of ether oxygens (including phenoxy) is 3. The number of rotatable bonds is 26. The minimum Gasteiger partial charge on any atom is -0.394 e. The van der Waals surface area contributed by atoms with Crippen LogP contribution in [0.3, 0.4) is 0 Å². The van der Waals surface area contributed by atoms with Crippen molar-refractivity contribution in [1.82, 2.24) is 0 Å². The molecule has 0 radical (unpaired) electrons. The van der Waals surface area contributed by atoms with Gasteiger partial charge in [-0.3, -0.25) is 5.26 Å². The van der Waals surface area contributed by atoms with E-state index in [-0.39, 0.29) is 13.2 Å². The fourth-order valence-electron chi connectivity index (χ4n) is 5.88. The van der Waals surface area contributed by atoms with Crippen molar-refractivity contribution in [2.75, 3.05) is 33.0 Å². The Bertz CT molecular complexity index is 773. The fourth-order valence-corrected chi connectivity index (χ4v) is 5.88. The molecule has 0 aliphatic carbocycles. The van der Waals surface area contributed by atoms with Crippen LogP contribution in [0.15, 0.2) is 12.3 Å². The lowest BCUT2D eigenvalue weighted by Crippen LogP contribution is -2.60. The molecule has 13 nitrogen and oxygen atoms in total. The van der Waals surface area contributed by atoms with Crippen LogP contribution in [0.25, 0.3) is 0 Å². The number of hydrogen-bond acceptors (Lipinski definition) is 13. The average Bonchev–Trinajstić information content (AvgIpc) is 3.26. The molecule has 0 saturated carbocycles. The molecule has 2 saturated heterocycles. The molecule has 0 aromatic carbocycles. The molecule has 266 valence electrons. The Balaban J connectivity index is 1.60. The molecule has 0 bridgehead atoms. The van der Waals surface area contributed by atoms with Crippen LogP contribution in [0, 0.1) is 0 Å². The normalized spacial score (nSPS) is 31.8. The highest BCUT2D eigenvalue weighted by Crippen LogP contribution is 2.32. The molecular formula is C32H60O13. The first kappa shape index (κ1) is 40.2. The van der Waals surface area contributed by atoms with Gasteiger partial charge in [0, 0.05) is 6.42 Å². The highest BCUT2D eigenvalue weighted by molar-refractivity contribution is 5.02. The van der Waals surface area contributed by atoms with E-state index in [9.17, 15) is 30.6 Å². The summed E-state index contributed by atoms with van der Waals surface area (Å²) in [7, 11) is 0. The van der Waals surface area contributed by atoms with Gasteiger partial charge in [0.15, 0.2) is 0 Å². The first-order valence-electron chi connectivity index (χ1n) is 16.9. The molecule has 9 unspecified atom stereocenters. The molecule has 0 spiro atoms.